The lowest BCUT2D eigenvalue weighted by molar-refractivity contribution is -0.139. The number of ether oxygens (including phenoxy) is 1. The number of aliphatic carboxylic acids is 1. The predicted molar refractivity (Wildman–Crippen MR) is 105 cm³/mol. The number of hydrogen-bond donors (Lipinski definition) is 2. The normalized spacial score (nSPS) is 12.1. The van der Waals surface area contributed by atoms with Crippen LogP contribution in [0.5, 0.6) is 5.75 Å². The van der Waals surface area contributed by atoms with Gasteiger partial charge in [-0.05, 0) is 34.7 Å². The summed E-state index contributed by atoms with van der Waals surface area (Å²) in [6, 6.07) is 12.7. The molecule has 2 rings (SSSR count). The van der Waals surface area contributed by atoms with Crippen LogP contribution in [0.2, 0.25) is 0 Å². The number of rotatable bonds is 6. The number of carboxylic acid groups (broad SMARTS) is 1. The lowest BCUT2D eigenvalue weighted by atomic mass is 9.86. The summed E-state index contributed by atoms with van der Waals surface area (Å²) in [5.41, 5.74) is 2.18. The molecule has 0 bridgehead atoms. The summed E-state index contributed by atoms with van der Waals surface area (Å²) in [4.78, 5) is 35.1. The van der Waals surface area contributed by atoms with Gasteiger partial charge in [-0.3, -0.25) is 9.59 Å². The summed E-state index contributed by atoms with van der Waals surface area (Å²) < 4.78 is 4.96. The van der Waals surface area contributed by atoms with E-state index in [4.69, 9.17) is 4.74 Å². The topological polar surface area (TPSA) is 92.7 Å². The van der Waals surface area contributed by atoms with Gasteiger partial charge >= 0.3 is 11.9 Å². The molecule has 6 heteroatoms. The van der Waals surface area contributed by atoms with Crippen LogP contribution in [0.3, 0.4) is 0 Å². The first kappa shape index (κ1) is 21.2. The molecule has 2 aromatic carbocycles. The molecule has 0 saturated carbocycles. The molecule has 2 aromatic rings. The molecule has 2 N–H and O–H groups in total. The molecule has 1 amide bonds. The fourth-order valence-corrected chi connectivity index (χ4v) is 2.68. The maximum atomic E-state index is 12.5. The van der Waals surface area contributed by atoms with Crippen molar-refractivity contribution in [2.45, 2.75) is 45.6 Å². The van der Waals surface area contributed by atoms with Crippen LogP contribution < -0.4 is 10.1 Å². The largest absolute Gasteiger partial charge is 0.480 e. The zero-order valence-corrected chi connectivity index (χ0v) is 16.5. The van der Waals surface area contributed by atoms with Crippen molar-refractivity contribution in [1.82, 2.24) is 5.32 Å². The minimum absolute atomic E-state index is 0.00586. The number of benzene rings is 2. The molecular weight excluding hydrogens is 358 g/mol. The van der Waals surface area contributed by atoms with Crippen molar-refractivity contribution in [2.75, 3.05) is 0 Å². The molecular formula is C22H25NO5. The maximum absolute atomic E-state index is 12.5. The third-order valence-electron chi connectivity index (χ3n) is 4.22. The predicted octanol–water partition coefficient (Wildman–Crippen LogP) is 3.34. The van der Waals surface area contributed by atoms with E-state index in [1.807, 2.05) is 24.3 Å². The van der Waals surface area contributed by atoms with Crippen LogP contribution in [-0.4, -0.2) is 29.0 Å². The maximum Gasteiger partial charge on any atom is 0.326 e. The highest BCUT2D eigenvalue weighted by Gasteiger charge is 2.22. The molecule has 0 fully saturated rings. The highest BCUT2D eigenvalue weighted by atomic mass is 16.5. The molecule has 0 aliphatic heterocycles. The average molecular weight is 383 g/mol. The lowest BCUT2D eigenvalue weighted by Gasteiger charge is -2.20. The van der Waals surface area contributed by atoms with Gasteiger partial charge in [0.15, 0.2) is 0 Å². The van der Waals surface area contributed by atoms with Gasteiger partial charge in [-0.1, -0.05) is 51.1 Å². The summed E-state index contributed by atoms with van der Waals surface area (Å²) in [6.07, 6.45) is 0.162. The van der Waals surface area contributed by atoms with E-state index >= 15 is 0 Å². The van der Waals surface area contributed by atoms with Crippen LogP contribution in [-0.2, 0) is 21.4 Å². The number of carbonyl (C=O) groups excluding carboxylic acids is 2. The smallest absolute Gasteiger partial charge is 0.326 e. The lowest BCUT2D eigenvalue weighted by Crippen LogP contribution is -2.42. The highest BCUT2D eigenvalue weighted by molar-refractivity contribution is 5.97. The fourth-order valence-electron chi connectivity index (χ4n) is 2.68. The zero-order chi connectivity index (χ0) is 20.9. The van der Waals surface area contributed by atoms with Crippen LogP contribution >= 0.6 is 0 Å². The van der Waals surface area contributed by atoms with Crippen molar-refractivity contribution in [3.63, 3.8) is 0 Å². The zero-order valence-electron chi connectivity index (χ0n) is 16.5. The quantitative estimate of drug-likeness (QED) is 0.590. The van der Waals surface area contributed by atoms with E-state index in [0.717, 1.165) is 11.1 Å². The molecule has 0 heterocycles. The van der Waals surface area contributed by atoms with Crippen molar-refractivity contribution in [1.29, 1.82) is 0 Å². The summed E-state index contributed by atoms with van der Waals surface area (Å²) in [6.45, 7) is 7.57. The van der Waals surface area contributed by atoms with E-state index in [1.54, 1.807) is 12.1 Å². The Morgan fingerprint density at radius 2 is 1.71 bits per heavy atom. The van der Waals surface area contributed by atoms with Crippen LogP contribution in [0.15, 0.2) is 48.5 Å². The molecule has 1 atom stereocenters. The summed E-state index contributed by atoms with van der Waals surface area (Å²) in [5.74, 6) is -1.94. The van der Waals surface area contributed by atoms with Gasteiger partial charge in [-0.15, -0.1) is 0 Å². The monoisotopic (exact) mass is 383 g/mol. The second-order valence-corrected chi connectivity index (χ2v) is 7.64. The van der Waals surface area contributed by atoms with E-state index in [-0.39, 0.29) is 23.1 Å². The Bertz CT molecular complexity index is 865. The second-order valence-electron chi connectivity index (χ2n) is 7.64. The van der Waals surface area contributed by atoms with Crippen LogP contribution in [0.1, 0.15) is 49.2 Å². The van der Waals surface area contributed by atoms with Crippen molar-refractivity contribution in [3.8, 4) is 5.75 Å². The number of carbonyl (C=O) groups is 3. The van der Waals surface area contributed by atoms with E-state index in [2.05, 4.69) is 26.1 Å². The number of nitrogens with one attached hydrogen (secondary N) is 1. The first-order valence-corrected chi connectivity index (χ1v) is 8.98. The second kappa shape index (κ2) is 8.69. The first-order valence-electron chi connectivity index (χ1n) is 8.98. The molecule has 28 heavy (non-hydrogen) atoms. The third-order valence-corrected chi connectivity index (χ3v) is 4.22. The molecule has 0 unspecified atom stereocenters. The van der Waals surface area contributed by atoms with Gasteiger partial charge in [0, 0.05) is 18.9 Å². The minimum atomic E-state index is -1.12. The standard InChI is InChI=1S/C22H25NO5/c1-14(24)28-18-7-5-6-16(13-18)20(25)23-19(21(26)27)12-15-8-10-17(11-9-15)22(2,3)4/h5-11,13,19H,12H2,1-4H3,(H,23,25)(H,26,27)/t19-/m0/s1. The Morgan fingerprint density at radius 3 is 2.25 bits per heavy atom. The van der Waals surface area contributed by atoms with E-state index in [1.165, 1.54) is 19.1 Å². The number of amides is 1. The Labute approximate surface area is 164 Å². The molecule has 0 spiro atoms. The Kier molecular flexibility index (Phi) is 6.57. The molecule has 148 valence electrons. The van der Waals surface area contributed by atoms with Gasteiger partial charge < -0.3 is 15.2 Å². The van der Waals surface area contributed by atoms with Crippen LogP contribution in [0.4, 0.5) is 0 Å². The molecule has 6 nitrogen and oxygen atoms in total. The van der Waals surface area contributed by atoms with Gasteiger partial charge in [-0.2, -0.15) is 0 Å². The van der Waals surface area contributed by atoms with Gasteiger partial charge in [0.2, 0.25) is 0 Å². The summed E-state index contributed by atoms with van der Waals surface area (Å²) >= 11 is 0. The number of hydrogen-bond acceptors (Lipinski definition) is 4. The highest BCUT2D eigenvalue weighted by Crippen LogP contribution is 2.22. The van der Waals surface area contributed by atoms with Crippen molar-refractivity contribution in [3.05, 3.63) is 65.2 Å². The van der Waals surface area contributed by atoms with Gasteiger partial charge in [0.05, 0.1) is 0 Å². The molecule has 0 aliphatic rings. The van der Waals surface area contributed by atoms with E-state index < -0.39 is 23.9 Å². The van der Waals surface area contributed by atoms with E-state index in [0.29, 0.717) is 0 Å². The third kappa shape index (κ3) is 5.94. The molecule has 0 aliphatic carbocycles. The van der Waals surface area contributed by atoms with E-state index in [9.17, 15) is 19.5 Å². The Balaban J connectivity index is 2.11. The van der Waals surface area contributed by atoms with Gasteiger partial charge in [-0.25, -0.2) is 4.79 Å². The number of carboxylic acids is 1. The fraction of sp³-hybridized carbons (Fsp3) is 0.318. The van der Waals surface area contributed by atoms with Gasteiger partial charge in [0.1, 0.15) is 11.8 Å². The average Bonchev–Trinajstić information content (AvgIpc) is 2.60. The molecule has 0 aromatic heterocycles. The first-order chi connectivity index (χ1) is 13.1. The van der Waals surface area contributed by atoms with Crippen molar-refractivity contribution in [2.24, 2.45) is 0 Å². The Hall–Kier alpha value is -3.15. The SMILES string of the molecule is CC(=O)Oc1cccc(C(=O)N[C@@H](Cc2ccc(C(C)(C)C)cc2)C(=O)O)c1. The van der Waals surface area contributed by atoms with Crippen molar-refractivity contribution >= 4 is 17.8 Å². The molecule has 0 saturated heterocycles. The van der Waals surface area contributed by atoms with Crippen molar-refractivity contribution < 1.29 is 24.2 Å². The van der Waals surface area contributed by atoms with Gasteiger partial charge in [0.25, 0.3) is 5.91 Å². The molecule has 0 radical (unpaired) electrons. The minimum Gasteiger partial charge on any atom is -0.480 e. The summed E-state index contributed by atoms with van der Waals surface area (Å²) in [5, 5.41) is 12.0. The van der Waals surface area contributed by atoms with Crippen LogP contribution in [0.25, 0.3) is 0 Å². The Morgan fingerprint density at radius 1 is 1.07 bits per heavy atom. The number of esters is 1. The summed E-state index contributed by atoms with van der Waals surface area (Å²) in [7, 11) is 0. The van der Waals surface area contributed by atoms with Crippen LogP contribution in [0, 0.1) is 0 Å².